The quantitative estimate of drug-likeness (QED) is 0.247. The van der Waals surface area contributed by atoms with Gasteiger partial charge in [-0.15, -0.1) is 0 Å². The van der Waals surface area contributed by atoms with Crippen molar-refractivity contribution in [3.05, 3.63) is 29.3 Å². The Morgan fingerprint density at radius 3 is 2.59 bits per heavy atom. The summed E-state index contributed by atoms with van der Waals surface area (Å²) < 4.78 is 5.61. The number of piperazine rings is 1. The molecule has 1 aromatic rings. The summed E-state index contributed by atoms with van der Waals surface area (Å²) in [7, 11) is -1.12. The number of fused-ring (bicyclic) bond motifs is 1. The lowest BCUT2D eigenvalue weighted by molar-refractivity contribution is -0.122. The largest absolute Gasteiger partial charge is 0.547 e. The first-order chi connectivity index (χ1) is 15.4. The third-order valence-corrected chi connectivity index (χ3v) is 7.18. The maximum absolute atomic E-state index is 12.7. The average molecular weight is 443 g/mol. The molecule has 0 spiro atoms. The Bertz CT molecular complexity index is 825. The van der Waals surface area contributed by atoms with Gasteiger partial charge in [0.2, 0.25) is 5.91 Å². The zero-order valence-electron chi connectivity index (χ0n) is 18.5. The molecule has 1 saturated carbocycles. The highest BCUT2D eigenvalue weighted by molar-refractivity contribution is 6.46. The van der Waals surface area contributed by atoms with Gasteiger partial charge in [-0.05, 0) is 43.6 Å². The molecule has 0 radical (unpaired) electrons. The van der Waals surface area contributed by atoms with E-state index in [1.165, 1.54) is 0 Å². The Kier molecular flexibility index (Phi) is 7.22. The van der Waals surface area contributed by atoms with Crippen LogP contribution in [0.4, 0.5) is 0 Å². The topological polar surface area (TPSA) is 135 Å². The number of carbonyl (C=O) groups excluding carboxylic acids is 1. The molecule has 1 amide bonds. The summed E-state index contributed by atoms with van der Waals surface area (Å²) >= 11 is 0. The average Bonchev–Trinajstić information content (AvgIpc) is 2.80. The van der Waals surface area contributed by atoms with Crippen molar-refractivity contribution >= 4 is 19.0 Å². The SMILES string of the molecule is N=C(N)N1CCN(C2CCC(CC(=O)NC3Cc4cccc(CO)c4OB3O)CC2)CC1. The predicted octanol–water partition coefficient (Wildman–Crippen LogP) is 0.0783. The molecule has 0 bridgehead atoms. The minimum Gasteiger partial charge on any atom is -0.534 e. The van der Waals surface area contributed by atoms with Crippen LogP contribution in [0.15, 0.2) is 18.2 Å². The molecule has 3 aliphatic rings. The lowest BCUT2D eigenvalue weighted by Crippen LogP contribution is -2.54. The molecule has 9 nitrogen and oxygen atoms in total. The number of nitrogens with one attached hydrogen (secondary N) is 2. The monoisotopic (exact) mass is 443 g/mol. The van der Waals surface area contributed by atoms with Crippen LogP contribution in [0.5, 0.6) is 5.75 Å². The second-order valence-corrected chi connectivity index (χ2v) is 9.24. The number of aliphatic hydroxyl groups excluding tert-OH is 1. The molecule has 2 heterocycles. The van der Waals surface area contributed by atoms with Crippen molar-refractivity contribution in [1.82, 2.24) is 15.1 Å². The molecule has 0 aromatic heterocycles. The van der Waals surface area contributed by atoms with Crippen LogP contribution < -0.4 is 15.7 Å². The third kappa shape index (κ3) is 5.19. The van der Waals surface area contributed by atoms with E-state index in [9.17, 15) is 14.9 Å². The van der Waals surface area contributed by atoms with Crippen LogP contribution in [0, 0.1) is 11.3 Å². The summed E-state index contributed by atoms with van der Waals surface area (Å²) in [4.78, 5) is 17.1. The number of carbonyl (C=O) groups is 1. The van der Waals surface area contributed by atoms with E-state index in [1.807, 2.05) is 17.0 Å². The van der Waals surface area contributed by atoms with Crippen molar-refractivity contribution in [3.8, 4) is 5.75 Å². The first-order valence-corrected chi connectivity index (χ1v) is 11.6. The summed E-state index contributed by atoms with van der Waals surface area (Å²) in [5, 5.41) is 30.4. The van der Waals surface area contributed by atoms with E-state index < -0.39 is 13.1 Å². The number of amides is 1. The Balaban J connectivity index is 1.22. The molecule has 1 aromatic carbocycles. The Labute approximate surface area is 189 Å². The molecule has 6 N–H and O–H groups in total. The fourth-order valence-electron chi connectivity index (χ4n) is 5.31. The highest BCUT2D eigenvalue weighted by atomic mass is 16.5. The van der Waals surface area contributed by atoms with Gasteiger partial charge in [0.1, 0.15) is 5.75 Å². The maximum atomic E-state index is 12.7. The van der Waals surface area contributed by atoms with Gasteiger partial charge in [0.05, 0.1) is 12.5 Å². The minimum atomic E-state index is -1.12. The van der Waals surface area contributed by atoms with Gasteiger partial charge in [-0.2, -0.15) is 0 Å². The highest BCUT2D eigenvalue weighted by Gasteiger charge is 2.37. The predicted molar refractivity (Wildman–Crippen MR) is 122 cm³/mol. The fraction of sp³-hybridized carbons (Fsp3) is 0.636. The molecule has 10 heteroatoms. The van der Waals surface area contributed by atoms with Crippen molar-refractivity contribution < 1.29 is 19.6 Å². The number of hydrogen-bond donors (Lipinski definition) is 5. The molecule has 1 saturated heterocycles. The van der Waals surface area contributed by atoms with Crippen LogP contribution in [-0.4, -0.2) is 77.1 Å². The number of benzene rings is 1. The van der Waals surface area contributed by atoms with E-state index in [-0.39, 0.29) is 18.5 Å². The fourth-order valence-corrected chi connectivity index (χ4v) is 5.31. The van der Waals surface area contributed by atoms with E-state index in [4.69, 9.17) is 15.8 Å². The second kappa shape index (κ2) is 10.1. The molecule has 1 aliphatic carbocycles. The van der Waals surface area contributed by atoms with E-state index in [0.29, 0.717) is 36.1 Å². The Hall–Kier alpha value is -2.30. The normalized spacial score (nSPS) is 26.2. The second-order valence-electron chi connectivity index (χ2n) is 9.24. The molecular formula is C22H34BN5O4. The minimum absolute atomic E-state index is 0.0436. The number of hydrogen-bond acceptors (Lipinski definition) is 6. The van der Waals surface area contributed by atoms with Crippen molar-refractivity contribution in [2.45, 2.75) is 57.1 Å². The molecule has 174 valence electrons. The van der Waals surface area contributed by atoms with Gasteiger partial charge in [0, 0.05) is 44.2 Å². The Morgan fingerprint density at radius 1 is 1.22 bits per heavy atom. The van der Waals surface area contributed by atoms with Crippen LogP contribution >= 0.6 is 0 Å². The molecule has 2 fully saturated rings. The van der Waals surface area contributed by atoms with Gasteiger partial charge in [0.15, 0.2) is 5.96 Å². The van der Waals surface area contributed by atoms with Gasteiger partial charge < -0.3 is 30.7 Å². The van der Waals surface area contributed by atoms with Crippen molar-refractivity contribution in [1.29, 1.82) is 5.41 Å². The van der Waals surface area contributed by atoms with Crippen molar-refractivity contribution in [3.63, 3.8) is 0 Å². The first kappa shape index (κ1) is 22.9. The van der Waals surface area contributed by atoms with Crippen molar-refractivity contribution in [2.75, 3.05) is 26.2 Å². The van der Waals surface area contributed by atoms with Crippen LogP contribution in [0.25, 0.3) is 0 Å². The lowest BCUT2D eigenvalue weighted by atomic mass is 9.72. The summed E-state index contributed by atoms with van der Waals surface area (Å²) in [5.74, 6) is 0.510. The highest BCUT2D eigenvalue weighted by Crippen LogP contribution is 2.32. The number of rotatable bonds is 5. The van der Waals surface area contributed by atoms with Crippen LogP contribution in [0.1, 0.15) is 43.2 Å². The van der Waals surface area contributed by atoms with Crippen LogP contribution in [0.3, 0.4) is 0 Å². The first-order valence-electron chi connectivity index (χ1n) is 11.6. The molecule has 2 aliphatic heterocycles. The molecular weight excluding hydrogens is 409 g/mol. The van der Waals surface area contributed by atoms with Gasteiger partial charge in [-0.1, -0.05) is 18.2 Å². The molecule has 1 unspecified atom stereocenters. The van der Waals surface area contributed by atoms with Gasteiger partial charge >= 0.3 is 7.12 Å². The smallest absolute Gasteiger partial charge is 0.534 e. The zero-order valence-corrected chi connectivity index (χ0v) is 18.5. The maximum Gasteiger partial charge on any atom is 0.547 e. The van der Waals surface area contributed by atoms with E-state index in [0.717, 1.165) is 57.4 Å². The summed E-state index contributed by atoms with van der Waals surface area (Å²) in [6.45, 7) is 3.35. The van der Waals surface area contributed by atoms with Gasteiger partial charge in [0.25, 0.3) is 0 Å². The van der Waals surface area contributed by atoms with E-state index in [1.54, 1.807) is 6.07 Å². The standard InChI is InChI=1S/C22H34BN5O4/c24-22(25)28-10-8-27(9-11-28)18-6-4-15(5-7-18)12-20(30)26-19-13-16-2-1-3-17(14-29)21(16)32-23(19)31/h1-3,15,18-19,29,31H,4-14H2,(H3,24,25)(H,26,30). The molecule has 32 heavy (non-hydrogen) atoms. The summed E-state index contributed by atoms with van der Waals surface area (Å²) in [5.41, 5.74) is 7.12. The van der Waals surface area contributed by atoms with Gasteiger partial charge in [-0.25, -0.2) is 0 Å². The van der Waals surface area contributed by atoms with Crippen LogP contribution in [-0.2, 0) is 17.8 Å². The lowest BCUT2D eigenvalue weighted by Gasteiger charge is -2.42. The van der Waals surface area contributed by atoms with Crippen molar-refractivity contribution in [2.24, 2.45) is 11.7 Å². The summed E-state index contributed by atoms with van der Waals surface area (Å²) in [6.07, 6.45) is 5.18. The third-order valence-electron chi connectivity index (χ3n) is 7.18. The molecule has 4 rings (SSSR count). The van der Waals surface area contributed by atoms with Crippen LogP contribution in [0.2, 0.25) is 0 Å². The zero-order chi connectivity index (χ0) is 22.7. The number of nitrogens with zero attached hydrogens (tertiary/aromatic N) is 2. The number of para-hydroxylation sites is 1. The number of guanidine groups is 1. The van der Waals surface area contributed by atoms with Gasteiger partial charge in [-0.3, -0.25) is 15.1 Å². The number of aliphatic hydroxyl groups is 1. The number of nitrogens with two attached hydrogens (primary N) is 1. The Morgan fingerprint density at radius 2 is 1.94 bits per heavy atom. The molecule has 1 atom stereocenters. The summed E-state index contributed by atoms with van der Waals surface area (Å²) in [6, 6.07) is 6.07. The van der Waals surface area contributed by atoms with E-state index in [2.05, 4.69) is 10.2 Å². The van der Waals surface area contributed by atoms with E-state index >= 15 is 0 Å².